The van der Waals surface area contributed by atoms with E-state index in [1.165, 1.54) is 11.0 Å². The van der Waals surface area contributed by atoms with E-state index >= 15 is 0 Å². The minimum Gasteiger partial charge on any atom is -0.319 e. The van der Waals surface area contributed by atoms with E-state index in [0.717, 1.165) is 62.0 Å². The van der Waals surface area contributed by atoms with Gasteiger partial charge in [-0.2, -0.15) is 0 Å². The van der Waals surface area contributed by atoms with Crippen molar-refractivity contribution < 1.29 is 18.4 Å². The van der Waals surface area contributed by atoms with Gasteiger partial charge in [0.05, 0.1) is 0 Å². The molecule has 4 rings (SSSR count). The average Bonchev–Trinajstić information content (AvgIpc) is 3.16. The smallest absolute Gasteiger partial charge is 0.319 e. The number of hydrogen-bond acceptors (Lipinski definition) is 3. The Labute approximate surface area is 223 Å². The fourth-order valence-corrected chi connectivity index (χ4v) is 5.88. The number of amides is 3. The van der Waals surface area contributed by atoms with Crippen LogP contribution in [-0.2, 0) is 15.9 Å². The fourth-order valence-electron chi connectivity index (χ4n) is 5.88. The molecule has 0 aromatic heterocycles. The second-order valence-corrected chi connectivity index (χ2v) is 10.5. The number of halogens is 2. The number of unbranched alkanes of at least 4 members (excludes halogenated alkanes) is 2. The Morgan fingerprint density at radius 3 is 2.39 bits per heavy atom. The van der Waals surface area contributed by atoms with Crippen LogP contribution in [-0.4, -0.2) is 47.9 Å². The van der Waals surface area contributed by atoms with Crippen LogP contribution in [0.25, 0.3) is 4.85 Å². The van der Waals surface area contributed by atoms with Crippen molar-refractivity contribution in [3.05, 3.63) is 82.2 Å². The van der Waals surface area contributed by atoms with Crippen LogP contribution < -0.4 is 5.32 Å². The number of benzene rings is 2. The van der Waals surface area contributed by atoms with Crippen molar-refractivity contribution in [1.82, 2.24) is 15.1 Å². The molecule has 202 valence electrons. The second-order valence-electron chi connectivity index (χ2n) is 10.5. The summed E-state index contributed by atoms with van der Waals surface area (Å²) in [4.78, 5) is 34.1. The number of imide groups is 1. The van der Waals surface area contributed by atoms with Crippen LogP contribution in [0.4, 0.5) is 13.6 Å². The molecule has 0 aliphatic carbocycles. The number of nitrogens with zero attached hydrogens (tertiary/aromatic N) is 3. The minimum atomic E-state index is -1.38. The van der Waals surface area contributed by atoms with Crippen molar-refractivity contribution in [1.29, 1.82) is 0 Å². The number of aryl methyl sites for hydroxylation is 1. The van der Waals surface area contributed by atoms with E-state index < -0.39 is 34.7 Å². The summed E-state index contributed by atoms with van der Waals surface area (Å²) < 4.78 is 27.7. The van der Waals surface area contributed by atoms with Gasteiger partial charge >= 0.3 is 6.03 Å². The van der Waals surface area contributed by atoms with E-state index in [4.69, 9.17) is 6.57 Å². The van der Waals surface area contributed by atoms with Gasteiger partial charge < -0.3 is 15.1 Å². The molecule has 2 aliphatic rings. The third-order valence-corrected chi connectivity index (χ3v) is 8.14. The molecule has 2 aromatic rings. The number of rotatable bonds is 10. The Kier molecular flexibility index (Phi) is 8.47. The number of nitrogens with one attached hydrogen (secondary N) is 1. The summed E-state index contributed by atoms with van der Waals surface area (Å²) in [5.41, 5.74) is 0.629. The summed E-state index contributed by atoms with van der Waals surface area (Å²) in [6.45, 7) is 14.5. The molecule has 6 nitrogen and oxygen atoms in total. The largest absolute Gasteiger partial charge is 0.325 e. The molecule has 2 aromatic carbocycles. The van der Waals surface area contributed by atoms with Crippen molar-refractivity contribution in [2.75, 3.05) is 26.2 Å². The number of piperidine rings is 1. The summed E-state index contributed by atoms with van der Waals surface area (Å²) in [6, 6.07) is 11.0. The van der Waals surface area contributed by atoms with Gasteiger partial charge in [0.15, 0.2) is 11.6 Å². The van der Waals surface area contributed by atoms with Gasteiger partial charge in [-0.3, -0.25) is 9.69 Å². The van der Waals surface area contributed by atoms with Crippen LogP contribution in [0.3, 0.4) is 0 Å². The molecule has 0 saturated carbocycles. The molecule has 0 radical (unpaired) electrons. The highest BCUT2D eigenvalue weighted by Crippen LogP contribution is 2.39. The third kappa shape index (κ3) is 5.30. The number of likely N-dealkylation sites (tertiary alicyclic amines) is 1. The normalized spacial score (nSPS) is 21.4. The average molecular weight is 523 g/mol. The summed E-state index contributed by atoms with van der Waals surface area (Å²) in [6.07, 6.45) is 4.86. The van der Waals surface area contributed by atoms with Crippen molar-refractivity contribution in [3.8, 4) is 0 Å². The zero-order chi connectivity index (χ0) is 27.3. The van der Waals surface area contributed by atoms with Crippen molar-refractivity contribution in [3.63, 3.8) is 0 Å². The van der Waals surface area contributed by atoms with Gasteiger partial charge in [0.1, 0.15) is 5.54 Å². The van der Waals surface area contributed by atoms with E-state index in [-0.39, 0.29) is 12.1 Å². The SMILES string of the molecule is [C-]#[N+]C1(c2ccccc2C)CCN(CCCN2C(=O)NC(CCCCC)(c3ccc(F)c(F)c3)C2=O)CC1. The van der Waals surface area contributed by atoms with Crippen molar-refractivity contribution in [2.24, 2.45) is 0 Å². The molecular formula is C30H36F2N4O2. The third-order valence-electron chi connectivity index (χ3n) is 8.14. The van der Waals surface area contributed by atoms with E-state index in [9.17, 15) is 18.4 Å². The van der Waals surface area contributed by atoms with E-state index in [2.05, 4.69) is 34.1 Å². The minimum absolute atomic E-state index is 0.242. The molecule has 3 amide bonds. The van der Waals surface area contributed by atoms with E-state index in [1.807, 2.05) is 19.1 Å². The Morgan fingerprint density at radius 2 is 1.74 bits per heavy atom. The molecule has 1 atom stereocenters. The summed E-state index contributed by atoms with van der Waals surface area (Å²) in [5, 5.41) is 2.82. The molecule has 1 unspecified atom stereocenters. The zero-order valence-corrected chi connectivity index (χ0v) is 22.2. The lowest BCUT2D eigenvalue weighted by atomic mass is 9.79. The highest BCUT2D eigenvalue weighted by Gasteiger charge is 2.52. The quantitative estimate of drug-likeness (QED) is 0.240. The van der Waals surface area contributed by atoms with E-state index in [1.54, 1.807) is 0 Å². The molecule has 2 heterocycles. The van der Waals surface area contributed by atoms with Crippen LogP contribution in [0.5, 0.6) is 0 Å². The fraction of sp³-hybridized carbons (Fsp3) is 0.500. The maximum atomic E-state index is 14.1. The lowest BCUT2D eigenvalue weighted by Crippen LogP contribution is -2.44. The van der Waals surface area contributed by atoms with Gasteiger partial charge in [0, 0.05) is 38.0 Å². The predicted molar refractivity (Wildman–Crippen MR) is 142 cm³/mol. The number of carbonyl (C=O) groups excluding carboxylic acids is 2. The van der Waals surface area contributed by atoms with Crippen molar-refractivity contribution in [2.45, 2.75) is 69.9 Å². The van der Waals surface area contributed by atoms with Gasteiger partial charge in [-0.1, -0.05) is 56.5 Å². The first-order chi connectivity index (χ1) is 18.3. The molecule has 2 saturated heterocycles. The maximum absolute atomic E-state index is 14.1. The first-order valence-corrected chi connectivity index (χ1v) is 13.5. The Bertz CT molecular complexity index is 1220. The molecule has 38 heavy (non-hydrogen) atoms. The van der Waals surface area contributed by atoms with Crippen LogP contribution in [0, 0.1) is 25.1 Å². The van der Waals surface area contributed by atoms with Gasteiger partial charge in [-0.05, 0) is 49.6 Å². The summed E-state index contributed by atoms with van der Waals surface area (Å²) in [5.74, 6) is -2.43. The van der Waals surface area contributed by atoms with Crippen LogP contribution in [0.1, 0.15) is 68.6 Å². The topological polar surface area (TPSA) is 57.0 Å². The number of urea groups is 1. The highest BCUT2D eigenvalue weighted by molar-refractivity contribution is 6.07. The Balaban J connectivity index is 1.39. The highest BCUT2D eigenvalue weighted by atomic mass is 19.2. The van der Waals surface area contributed by atoms with Gasteiger partial charge in [-0.15, -0.1) is 0 Å². The van der Waals surface area contributed by atoms with Gasteiger partial charge in [0.25, 0.3) is 11.4 Å². The first kappa shape index (κ1) is 27.7. The monoisotopic (exact) mass is 522 g/mol. The van der Waals surface area contributed by atoms with Crippen molar-refractivity contribution >= 4 is 11.9 Å². The number of hydrogen-bond donors (Lipinski definition) is 1. The maximum Gasteiger partial charge on any atom is 0.325 e. The first-order valence-electron chi connectivity index (χ1n) is 13.5. The van der Waals surface area contributed by atoms with Gasteiger partial charge in [-0.25, -0.2) is 20.1 Å². The molecule has 1 N–H and O–H groups in total. The molecule has 2 fully saturated rings. The lowest BCUT2D eigenvalue weighted by Gasteiger charge is -2.35. The van der Waals surface area contributed by atoms with E-state index in [0.29, 0.717) is 25.8 Å². The Morgan fingerprint density at radius 1 is 1.00 bits per heavy atom. The Hall–Kier alpha value is -3.31. The standard InChI is InChI=1S/C30H36F2N4O2/c1-4-5-8-14-30(23-12-13-25(31)26(32)21-23)27(37)36(28(38)34-30)18-9-17-35-19-15-29(33-3,16-20-35)24-11-7-6-10-22(24)2/h6-7,10-13,21H,4-5,8-9,14-20H2,1-2H3,(H,34,38). The van der Waals surface area contributed by atoms with Crippen LogP contribution >= 0.6 is 0 Å². The molecule has 2 aliphatic heterocycles. The molecular weight excluding hydrogens is 486 g/mol. The lowest BCUT2D eigenvalue weighted by molar-refractivity contribution is -0.132. The van der Waals surface area contributed by atoms with Gasteiger partial charge in [0.2, 0.25) is 0 Å². The number of carbonyl (C=O) groups is 2. The molecule has 0 spiro atoms. The molecule has 8 heteroatoms. The zero-order valence-electron chi connectivity index (χ0n) is 22.2. The second kappa shape index (κ2) is 11.6. The van der Waals surface area contributed by atoms with Crippen LogP contribution in [0.2, 0.25) is 0 Å². The predicted octanol–water partition coefficient (Wildman–Crippen LogP) is 5.90. The summed E-state index contributed by atoms with van der Waals surface area (Å²) >= 11 is 0. The molecule has 0 bridgehead atoms. The summed E-state index contributed by atoms with van der Waals surface area (Å²) in [7, 11) is 0. The van der Waals surface area contributed by atoms with Crippen LogP contribution in [0.15, 0.2) is 42.5 Å².